The van der Waals surface area contributed by atoms with Crippen LogP contribution >= 0.6 is 27.5 Å². The molecular weight excluding hydrogens is 275 g/mol. The van der Waals surface area contributed by atoms with Gasteiger partial charge in [0.05, 0.1) is 9.95 Å². The molecule has 1 rings (SSSR count). The van der Waals surface area contributed by atoms with Crippen molar-refractivity contribution in [2.45, 2.75) is 0 Å². The minimum absolute atomic E-state index is 0.0678. The third kappa shape index (κ3) is 2.21. The summed E-state index contributed by atoms with van der Waals surface area (Å²) in [4.78, 5) is 20.1. The lowest BCUT2D eigenvalue weighted by Gasteiger charge is -2.02. The Labute approximate surface area is 92.3 Å². The minimum atomic E-state index is -0.604. The van der Waals surface area contributed by atoms with Crippen molar-refractivity contribution >= 4 is 45.3 Å². The average molecular weight is 279 g/mol. The van der Waals surface area contributed by atoms with Gasteiger partial charge in [0, 0.05) is 10.5 Å². The number of anilines is 1. The molecule has 0 saturated carbocycles. The van der Waals surface area contributed by atoms with Crippen LogP contribution in [0.15, 0.2) is 16.6 Å². The van der Waals surface area contributed by atoms with Crippen LogP contribution in [0.4, 0.5) is 11.4 Å². The summed E-state index contributed by atoms with van der Waals surface area (Å²) < 4.78 is 0.405. The molecule has 0 heterocycles. The molecule has 74 valence electrons. The number of hydrogen-bond donors (Lipinski definition) is 1. The first-order chi connectivity index (χ1) is 6.56. The van der Waals surface area contributed by atoms with Crippen LogP contribution in [0.1, 0.15) is 0 Å². The zero-order valence-electron chi connectivity index (χ0n) is 6.66. The van der Waals surface area contributed by atoms with E-state index < -0.39 is 4.92 Å². The molecule has 0 bridgehead atoms. The van der Waals surface area contributed by atoms with E-state index in [0.717, 1.165) is 0 Å². The molecule has 0 spiro atoms. The van der Waals surface area contributed by atoms with E-state index in [9.17, 15) is 14.9 Å². The highest BCUT2D eigenvalue weighted by Crippen LogP contribution is 2.33. The number of hydrogen-bond acceptors (Lipinski definition) is 3. The van der Waals surface area contributed by atoms with Crippen molar-refractivity contribution in [3.8, 4) is 0 Å². The first-order valence-corrected chi connectivity index (χ1v) is 4.57. The van der Waals surface area contributed by atoms with Crippen LogP contribution in [0.3, 0.4) is 0 Å². The highest BCUT2D eigenvalue weighted by atomic mass is 79.9. The lowest BCUT2D eigenvalue weighted by Crippen LogP contribution is -1.99. The largest absolute Gasteiger partial charge is 0.323 e. The SMILES string of the molecule is O=CNc1cc(Cl)c(Br)cc1[N+](=O)[O-]. The quantitative estimate of drug-likeness (QED) is 0.525. The van der Waals surface area contributed by atoms with Crippen molar-refractivity contribution in [3.63, 3.8) is 0 Å². The second kappa shape index (κ2) is 4.39. The van der Waals surface area contributed by atoms with Crippen molar-refractivity contribution in [2.24, 2.45) is 0 Å². The molecule has 1 aromatic rings. The Morgan fingerprint density at radius 1 is 1.57 bits per heavy atom. The summed E-state index contributed by atoms with van der Waals surface area (Å²) in [6, 6.07) is 2.53. The van der Waals surface area contributed by atoms with Crippen LogP contribution in [0.5, 0.6) is 0 Å². The Kier molecular flexibility index (Phi) is 3.43. The van der Waals surface area contributed by atoms with Gasteiger partial charge < -0.3 is 5.32 Å². The third-order valence-electron chi connectivity index (χ3n) is 1.45. The summed E-state index contributed by atoms with van der Waals surface area (Å²) in [6.07, 6.45) is 0.354. The van der Waals surface area contributed by atoms with Crippen LogP contribution in [0.25, 0.3) is 0 Å². The average Bonchev–Trinajstić information content (AvgIpc) is 2.11. The molecule has 5 nitrogen and oxygen atoms in total. The number of nitrogens with one attached hydrogen (secondary N) is 1. The molecule has 0 radical (unpaired) electrons. The maximum Gasteiger partial charge on any atom is 0.293 e. The lowest BCUT2D eigenvalue weighted by atomic mass is 10.3. The van der Waals surface area contributed by atoms with Crippen LogP contribution in [-0.4, -0.2) is 11.3 Å². The Morgan fingerprint density at radius 2 is 2.21 bits per heavy atom. The third-order valence-corrected chi connectivity index (χ3v) is 2.65. The van der Waals surface area contributed by atoms with Gasteiger partial charge in [-0.2, -0.15) is 0 Å². The first-order valence-electron chi connectivity index (χ1n) is 3.40. The number of amides is 1. The molecule has 0 aromatic heterocycles. The summed E-state index contributed by atoms with van der Waals surface area (Å²) in [5.41, 5.74) is -0.147. The number of nitrogens with zero attached hydrogens (tertiary/aromatic N) is 1. The number of nitro groups is 1. The topological polar surface area (TPSA) is 72.2 Å². The monoisotopic (exact) mass is 278 g/mol. The van der Waals surface area contributed by atoms with E-state index in [1.807, 2.05) is 0 Å². The summed E-state index contributed by atoms with van der Waals surface area (Å²) in [6.45, 7) is 0. The van der Waals surface area contributed by atoms with E-state index >= 15 is 0 Å². The lowest BCUT2D eigenvalue weighted by molar-refractivity contribution is -0.384. The van der Waals surface area contributed by atoms with E-state index in [0.29, 0.717) is 15.9 Å². The van der Waals surface area contributed by atoms with Gasteiger partial charge in [0.25, 0.3) is 5.69 Å². The Hall–Kier alpha value is -1.14. The fourth-order valence-corrected chi connectivity index (χ4v) is 1.36. The smallest absolute Gasteiger partial charge is 0.293 e. The number of halogens is 2. The van der Waals surface area contributed by atoms with Crippen molar-refractivity contribution in [1.82, 2.24) is 0 Å². The maximum atomic E-state index is 10.5. The van der Waals surface area contributed by atoms with Gasteiger partial charge in [-0.1, -0.05) is 11.6 Å². The van der Waals surface area contributed by atoms with Crippen molar-refractivity contribution in [2.75, 3.05) is 5.32 Å². The zero-order valence-corrected chi connectivity index (χ0v) is 9.00. The first kappa shape index (κ1) is 10.9. The second-order valence-corrected chi connectivity index (χ2v) is 3.56. The van der Waals surface area contributed by atoms with Gasteiger partial charge >= 0.3 is 0 Å². The normalized spacial score (nSPS) is 9.57. The van der Waals surface area contributed by atoms with Gasteiger partial charge in [0.2, 0.25) is 6.41 Å². The maximum absolute atomic E-state index is 10.5. The van der Waals surface area contributed by atoms with Gasteiger partial charge in [-0.25, -0.2) is 0 Å². The number of nitro benzene ring substituents is 1. The Balaban J connectivity index is 3.30. The summed E-state index contributed by atoms with van der Waals surface area (Å²) >= 11 is 8.75. The van der Waals surface area contributed by atoms with E-state index in [2.05, 4.69) is 21.2 Å². The van der Waals surface area contributed by atoms with E-state index in [-0.39, 0.29) is 11.4 Å². The summed E-state index contributed by atoms with van der Waals surface area (Å²) in [5.74, 6) is 0. The molecule has 0 fully saturated rings. The molecule has 0 atom stereocenters. The number of carbonyl (C=O) groups is 1. The minimum Gasteiger partial charge on any atom is -0.323 e. The number of rotatable bonds is 3. The predicted octanol–water partition coefficient (Wildman–Crippen LogP) is 2.58. The molecule has 0 saturated heterocycles. The molecule has 1 amide bonds. The molecule has 14 heavy (non-hydrogen) atoms. The number of carbonyl (C=O) groups excluding carboxylic acids is 1. The molecular formula is C7H4BrClN2O3. The van der Waals surface area contributed by atoms with E-state index in [1.165, 1.54) is 12.1 Å². The van der Waals surface area contributed by atoms with Crippen molar-refractivity contribution in [3.05, 3.63) is 31.7 Å². The molecule has 0 unspecified atom stereocenters. The fourth-order valence-electron chi connectivity index (χ4n) is 0.866. The highest BCUT2D eigenvalue weighted by Gasteiger charge is 2.15. The van der Waals surface area contributed by atoms with Crippen LogP contribution < -0.4 is 5.32 Å². The van der Waals surface area contributed by atoms with Crippen LogP contribution in [0.2, 0.25) is 5.02 Å². The molecule has 7 heteroatoms. The summed E-state index contributed by atoms with van der Waals surface area (Å²) in [7, 11) is 0. The van der Waals surface area contributed by atoms with E-state index in [1.54, 1.807) is 0 Å². The fraction of sp³-hybridized carbons (Fsp3) is 0. The van der Waals surface area contributed by atoms with Crippen molar-refractivity contribution < 1.29 is 9.72 Å². The van der Waals surface area contributed by atoms with Crippen molar-refractivity contribution in [1.29, 1.82) is 0 Å². The standard InChI is InChI=1S/C7H4BrClN2O3/c8-4-1-7(11(13)14)6(10-3-12)2-5(4)9/h1-3H,(H,10,12). The van der Waals surface area contributed by atoms with Gasteiger partial charge in [-0.05, 0) is 22.0 Å². The zero-order chi connectivity index (χ0) is 10.7. The Bertz CT molecular complexity index is 397. The molecule has 1 aromatic carbocycles. The molecule has 0 aliphatic carbocycles. The summed E-state index contributed by atoms with van der Waals surface area (Å²) in [5, 5.41) is 13.0. The second-order valence-electron chi connectivity index (χ2n) is 2.30. The van der Waals surface area contributed by atoms with Gasteiger partial charge in [-0.15, -0.1) is 0 Å². The van der Waals surface area contributed by atoms with E-state index in [4.69, 9.17) is 11.6 Å². The Morgan fingerprint density at radius 3 is 2.71 bits per heavy atom. The molecule has 0 aliphatic rings. The molecule has 1 N–H and O–H groups in total. The van der Waals surface area contributed by atoms with Crippen LogP contribution in [-0.2, 0) is 4.79 Å². The van der Waals surface area contributed by atoms with Gasteiger partial charge in [0.15, 0.2) is 0 Å². The molecule has 0 aliphatic heterocycles. The number of benzene rings is 1. The predicted molar refractivity (Wildman–Crippen MR) is 55.5 cm³/mol. The highest BCUT2D eigenvalue weighted by molar-refractivity contribution is 9.10. The van der Waals surface area contributed by atoms with Crippen LogP contribution in [0, 0.1) is 10.1 Å². The van der Waals surface area contributed by atoms with Gasteiger partial charge in [0.1, 0.15) is 5.69 Å². The van der Waals surface area contributed by atoms with Gasteiger partial charge in [-0.3, -0.25) is 14.9 Å².